The van der Waals surface area contributed by atoms with Gasteiger partial charge in [0.15, 0.2) is 0 Å². The molecule has 0 aromatic heterocycles. The molecule has 0 spiro atoms. The monoisotopic (exact) mass is 444 g/mol. The quantitative estimate of drug-likeness (QED) is 0.733. The smallest absolute Gasteiger partial charge is 0.288 e. The van der Waals surface area contributed by atoms with Crippen LogP contribution < -0.4 is 15.8 Å². The number of anilines is 1. The molecular formula is C22H22Cl2N4O2. The number of rotatable bonds is 5. The SMILES string of the molecule is CC1N=C(C(=O)NC2(Cc3ccc(Cl)cc3Cl)CCC2)NN(c2ccccc2)C1=O. The maximum absolute atomic E-state index is 13.1. The highest BCUT2D eigenvalue weighted by Gasteiger charge is 2.41. The first kappa shape index (κ1) is 20.7. The third-order valence-electron chi connectivity index (χ3n) is 5.58. The number of amidine groups is 1. The Morgan fingerprint density at radius 3 is 2.60 bits per heavy atom. The second-order valence-electron chi connectivity index (χ2n) is 7.78. The zero-order valence-electron chi connectivity index (χ0n) is 16.5. The molecule has 2 amide bonds. The lowest BCUT2D eigenvalue weighted by molar-refractivity contribution is -0.120. The minimum Gasteiger partial charge on any atom is -0.344 e. The van der Waals surface area contributed by atoms with E-state index in [4.69, 9.17) is 23.2 Å². The third kappa shape index (κ3) is 4.16. The first-order valence-corrected chi connectivity index (χ1v) is 10.6. The number of benzene rings is 2. The van der Waals surface area contributed by atoms with Gasteiger partial charge >= 0.3 is 0 Å². The number of hydrogen-bond donors (Lipinski definition) is 2. The number of hydrazine groups is 1. The first-order valence-electron chi connectivity index (χ1n) is 9.87. The van der Waals surface area contributed by atoms with Crippen LogP contribution in [0, 0.1) is 0 Å². The van der Waals surface area contributed by atoms with Crippen LogP contribution in [-0.4, -0.2) is 29.2 Å². The van der Waals surface area contributed by atoms with Crippen molar-refractivity contribution in [1.82, 2.24) is 10.7 Å². The number of carbonyl (C=O) groups is 2. The Bertz CT molecular complexity index is 1010. The maximum atomic E-state index is 13.1. The zero-order valence-corrected chi connectivity index (χ0v) is 18.0. The lowest BCUT2D eigenvalue weighted by Gasteiger charge is -2.43. The fourth-order valence-electron chi connectivity index (χ4n) is 3.78. The number of carbonyl (C=O) groups excluding carboxylic acids is 2. The van der Waals surface area contributed by atoms with Crippen molar-refractivity contribution in [1.29, 1.82) is 0 Å². The van der Waals surface area contributed by atoms with E-state index < -0.39 is 6.04 Å². The molecule has 2 aromatic rings. The number of halogens is 2. The van der Waals surface area contributed by atoms with Gasteiger partial charge in [0.25, 0.3) is 11.8 Å². The van der Waals surface area contributed by atoms with Crippen molar-refractivity contribution in [3.05, 3.63) is 64.1 Å². The number of para-hydroxylation sites is 1. The molecule has 6 nitrogen and oxygen atoms in total. The summed E-state index contributed by atoms with van der Waals surface area (Å²) in [5, 5.41) is 5.67. The van der Waals surface area contributed by atoms with Gasteiger partial charge in [-0.15, -0.1) is 0 Å². The molecule has 1 aliphatic carbocycles. The summed E-state index contributed by atoms with van der Waals surface area (Å²) in [7, 11) is 0. The van der Waals surface area contributed by atoms with E-state index in [1.807, 2.05) is 24.3 Å². The van der Waals surface area contributed by atoms with Crippen molar-refractivity contribution >= 4 is 46.5 Å². The van der Waals surface area contributed by atoms with Crippen molar-refractivity contribution in [2.75, 3.05) is 5.01 Å². The molecule has 30 heavy (non-hydrogen) atoms. The maximum Gasteiger partial charge on any atom is 0.288 e. The van der Waals surface area contributed by atoms with Gasteiger partial charge in [-0.3, -0.25) is 15.0 Å². The van der Waals surface area contributed by atoms with Gasteiger partial charge in [-0.25, -0.2) is 10.0 Å². The minimum atomic E-state index is -0.657. The first-order chi connectivity index (χ1) is 14.4. The normalized spacial score (nSPS) is 20.1. The average Bonchev–Trinajstić information content (AvgIpc) is 2.70. The predicted octanol–water partition coefficient (Wildman–Crippen LogP) is 3.91. The highest BCUT2D eigenvalue weighted by Crippen LogP contribution is 2.37. The molecule has 2 N–H and O–H groups in total. The number of amides is 2. The van der Waals surface area contributed by atoms with Gasteiger partial charge in [0.1, 0.15) is 6.04 Å². The van der Waals surface area contributed by atoms with E-state index in [9.17, 15) is 9.59 Å². The molecule has 1 fully saturated rings. The molecule has 156 valence electrons. The Labute approximate surface area is 185 Å². The molecule has 0 radical (unpaired) electrons. The van der Waals surface area contributed by atoms with Crippen LogP contribution in [0.25, 0.3) is 0 Å². The molecule has 1 unspecified atom stereocenters. The molecule has 2 aliphatic rings. The Morgan fingerprint density at radius 2 is 1.97 bits per heavy atom. The van der Waals surface area contributed by atoms with Crippen molar-refractivity contribution in [3.63, 3.8) is 0 Å². The van der Waals surface area contributed by atoms with Gasteiger partial charge in [-0.1, -0.05) is 47.5 Å². The summed E-state index contributed by atoms with van der Waals surface area (Å²) < 4.78 is 0. The highest BCUT2D eigenvalue weighted by atomic mass is 35.5. The topological polar surface area (TPSA) is 73.8 Å². The van der Waals surface area contributed by atoms with Gasteiger partial charge in [0.05, 0.1) is 5.69 Å². The molecule has 2 aromatic carbocycles. The summed E-state index contributed by atoms with van der Waals surface area (Å²) in [6.45, 7) is 1.68. The Morgan fingerprint density at radius 1 is 1.23 bits per heavy atom. The Hall–Kier alpha value is -2.57. The Kier molecular flexibility index (Phi) is 5.71. The van der Waals surface area contributed by atoms with Crippen LogP contribution in [0.3, 0.4) is 0 Å². The standard InChI is InChI=1S/C22H22Cl2N4O2/c1-14-21(30)28(17-6-3-2-4-7-17)27-19(25-14)20(29)26-22(10-5-11-22)13-15-8-9-16(23)12-18(15)24/h2-4,6-9,12,14H,5,10-11,13H2,1H3,(H,25,27)(H,26,29). The van der Waals surface area contributed by atoms with Crippen LogP contribution in [0.5, 0.6) is 0 Å². The molecule has 4 rings (SSSR count). The van der Waals surface area contributed by atoms with Crippen molar-refractivity contribution in [3.8, 4) is 0 Å². The summed E-state index contributed by atoms with van der Waals surface area (Å²) in [4.78, 5) is 29.9. The van der Waals surface area contributed by atoms with Crippen LogP contribution in [0.4, 0.5) is 5.69 Å². The van der Waals surface area contributed by atoms with Crippen LogP contribution in [0.15, 0.2) is 53.5 Å². The summed E-state index contributed by atoms with van der Waals surface area (Å²) in [5.74, 6) is -0.427. The lowest BCUT2D eigenvalue weighted by Crippen LogP contribution is -2.62. The predicted molar refractivity (Wildman–Crippen MR) is 119 cm³/mol. The van der Waals surface area contributed by atoms with Gasteiger partial charge in [-0.2, -0.15) is 0 Å². The third-order valence-corrected chi connectivity index (χ3v) is 6.17. The molecule has 1 aliphatic heterocycles. The van der Waals surface area contributed by atoms with Crippen molar-refractivity contribution in [2.45, 2.75) is 44.2 Å². The van der Waals surface area contributed by atoms with Gasteiger partial charge in [0, 0.05) is 15.6 Å². The summed E-state index contributed by atoms with van der Waals surface area (Å²) in [6.07, 6.45) is 3.33. The van der Waals surface area contributed by atoms with Crippen molar-refractivity contribution in [2.24, 2.45) is 4.99 Å². The summed E-state index contributed by atoms with van der Waals surface area (Å²) >= 11 is 12.3. The molecule has 1 saturated carbocycles. The fraction of sp³-hybridized carbons (Fsp3) is 0.318. The van der Waals surface area contributed by atoms with Crippen LogP contribution in [-0.2, 0) is 16.0 Å². The number of nitrogens with one attached hydrogen (secondary N) is 2. The second kappa shape index (κ2) is 8.28. The summed E-state index contributed by atoms with van der Waals surface area (Å²) in [6, 6.07) is 13.9. The van der Waals surface area contributed by atoms with E-state index in [0.29, 0.717) is 22.2 Å². The van der Waals surface area contributed by atoms with Gasteiger partial charge in [0.2, 0.25) is 5.84 Å². The number of hydrogen-bond acceptors (Lipinski definition) is 4. The van der Waals surface area contributed by atoms with E-state index in [1.165, 1.54) is 5.01 Å². The van der Waals surface area contributed by atoms with Crippen LogP contribution in [0.1, 0.15) is 31.7 Å². The van der Waals surface area contributed by atoms with E-state index in [1.54, 1.807) is 31.2 Å². The largest absolute Gasteiger partial charge is 0.344 e. The molecule has 1 atom stereocenters. The van der Waals surface area contributed by atoms with E-state index >= 15 is 0 Å². The Balaban J connectivity index is 1.52. The highest BCUT2D eigenvalue weighted by molar-refractivity contribution is 6.39. The molecule has 1 heterocycles. The number of aliphatic imine (C=N–C) groups is 1. The molecule has 8 heteroatoms. The minimum absolute atomic E-state index is 0.124. The van der Waals surface area contributed by atoms with Crippen molar-refractivity contribution < 1.29 is 9.59 Å². The summed E-state index contributed by atoms with van der Waals surface area (Å²) in [5.41, 5.74) is 4.09. The fourth-order valence-corrected chi connectivity index (χ4v) is 4.26. The zero-order chi connectivity index (χ0) is 21.3. The van der Waals surface area contributed by atoms with Gasteiger partial charge in [-0.05, 0) is 62.4 Å². The number of nitrogens with zero attached hydrogens (tertiary/aromatic N) is 2. The lowest BCUT2D eigenvalue weighted by atomic mass is 9.72. The molecular weight excluding hydrogens is 423 g/mol. The molecule has 0 bridgehead atoms. The van der Waals surface area contributed by atoms with Crippen LogP contribution in [0.2, 0.25) is 10.0 Å². The average molecular weight is 445 g/mol. The molecule has 0 saturated heterocycles. The van der Waals surface area contributed by atoms with Crippen LogP contribution >= 0.6 is 23.2 Å². The van der Waals surface area contributed by atoms with E-state index in [-0.39, 0.29) is 23.2 Å². The van der Waals surface area contributed by atoms with E-state index in [0.717, 1.165) is 24.8 Å². The second-order valence-corrected chi connectivity index (χ2v) is 8.62. The van der Waals surface area contributed by atoms with Gasteiger partial charge < -0.3 is 5.32 Å². The van der Waals surface area contributed by atoms with E-state index in [2.05, 4.69) is 15.7 Å².